The van der Waals surface area contributed by atoms with Crippen molar-refractivity contribution >= 4 is 42.9 Å². The van der Waals surface area contributed by atoms with Crippen LogP contribution in [0.1, 0.15) is 12.0 Å². The summed E-state index contributed by atoms with van der Waals surface area (Å²) >= 11 is 5.70. The summed E-state index contributed by atoms with van der Waals surface area (Å²) in [5, 5.41) is 2.92. The van der Waals surface area contributed by atoms with E-state index in [9.17, 15) is 18.0 Å². The van der Waals surface area contributed by atoms with Crippen molar-refractivity contribution in [1.82, 2.24) is 10.2 Å². The van der Waals surface area contributed by atoms with Gasteiger partial charge in [-0.1, -0.05) is 25.0 Å². The van der Waals surface area contributed by atoms with Crippen LogP contribution in [-0.2, 0) is 4.79 Å². The first-order chi connectivity index (χ1) is 12.4. The molecule has 138 valence electrons. The Bertz CT molecular complexity index is 757. The first-order valence-corrected chi connectivity index (χ1v) is 8.28. The molecule has 1 aliphatic rings. The first kappa shape index (κ1) is 20.0. The summed E-state index contributed by atoms with van der Waals surface area (Å²) in [6.45, 7) is 4.82. The lowest BCUT2D eigenvalue weighted by Crippen LogP contribution is -2.31. The highest BCUT2D eigenvalue weighted by atomic mass is 35.5. The summed E-state index contributed by atoms with van der Waals surface area (Å²) in [6, 6.07) is 3.91. The molecule has 0 atom stereocenters. The molecule has 0 unspecified atom stereocenters. The Kier molecular flexibility index (Phi) is 6.85. The molecule has 10 heteroatoms. The lowest BCUT2D eigenvalue weighted by atomic mass is 9.59. The van der Waals surface area contributed by atoms with Crippen molar-refractivity contribution in [3.63, 3.8) is 0 Å². The molecule has 5 nitrogen and oxygen atoms in total. The van der Waals surface area contributed by atoms with Crippen LogP contribution in [0.5, 0.6) is 0 Å². The standard InChI is InChI=1S/C16H17BClF3N4O/c1-17(12-5-3-4-10(14(12)19)15(20)21)24-16(22-2)11-6-25(9-26)7-13(11)23-8-18/h3-5,9,15,23H,2,6-8H2,1H3/b24-16-. The molecule has 0 radical (unpaired) electrons. The summed E-state index contributed by atoms with van der Waals surface area (Å²) in [4.78, 5) is 20.7. The molecule has 0 saturated heterocycles. The molecule has 0 spiro atoms. The number of nitrogens with zero attached hydrogens (tertiary/aromatic N) is 3. The second-order valence-corrected chi connectivity index (χ2v) is 5.88. The number of halogens is 4. The van der Waals surface area contributed by atoms with Gasteiger partial charge in [0.2, 0.25) is 6.41 Å². The van der Waals surface area contributed by atoms with Gasteiger partial charge in [0.05, 0.1) is 24.7 Å². The number of alkyl halides is 3. The van der Waals surface area contributed by atoms with Crippen LogP contribution in [0.4, 0.5) is 13.2 Å². The van der Waals surface area contributed by atoms with Crippen molar-refractivity contribution in [3.05, 3.63) is 40.8 Å². The summed E-state index contributed by atoms with van der Waals surface area (Å²) in [5.41, 5.74) is 0.619. The number of amidine groups is 1. The minimum Gasteiger partial charge on any atom is -0.373 e. The van der Waals surface area contributed by atoms with Crippen LogP contribution in [0.15, 0.2) is 39.4 Å². The van der Waals surface area contributed by atoms with Gasteiger partial charge in [-0.15, -0.1) is 11.6 Å². The molecule has 0 aliphatic carbocycles. The van der Waals surface area contributed by atoms with Gasteiger partial charge >= 0.3 is 6.85 Å². The highest BCUT2D eigenvalue weighted by Gasteiger charge is 2.26. The predicted molar refractivity (Wildman–Crippen MR) is 98.1 cm³/mol. The Morgan fingerprint density at radius 2 is 2.23 bits per heavy atom. The van der Waals surface area contributed by atoms with E-state index >= 15 is 0 Å². The molecule has 0 bridgehead atoms. The average molecular weight is 385 g/mol. The molecule has 0 aromatic heterocycles. The smallest absolute Gasteiger partial charge is 0.314 e. The zero-order valence-electron chi connectivity index (χ0n) is 14.1. The van der Waals surface area contributed by atoms with Crippen LogP contribution < -0.4 is 10.8 Å². The van der Waals surface area contributed by atoms with E-state index in [2.05, 4.69) is 21.9 Å². The minimum absolute atomic E-state index is 0.0293. The van der Waals surface area contributed by atoms with E-state index in [4.69, 9.17) is 11.6 Å². The highest BCUT2D eigenvalue weighted by molar-refractivity contribution is 6.71. The number of rotatable bonds is 7. The monoisotopic (exact) mass is 384 g/mol. The third kappa shape index (κ3) is 4.27. The topological polar surface area (TPSA) is 57.1 Å². The minimum atomic E-state index is -2.92. The Morgan fingerprint density at radius 1 is 1.50 bits per heavy atom. The fourth-order valence-corrected chi connectivity index (χ4v) is 2.86. The number of nitrogens with one attached hydrogen (secondary N) is 1. The van der Waals surface area contributed by atoms with Crippen molar-refractivity contribution in [3.8, 4) is 0 Å². The van der Waals surface area contributed by atoms with Crippen molar-refractivity contribution < 1.29 is 18.0 Å². The molecule has 1 aromatic rings. The molecule has 1 heterocycles. The largest absolute Gasteiger partial charge is 0.373 e. The average Bonchev–Trinajstić information content (AvgIpc) is 3.02. The van der Waals surface area contributed by atoms with Gasteiger partial charge in [0.1, 0.15) is 11.7 Å². The second kappa shape index (κ2) is 8.89. The van der Waals surface area contributed by atoms with Gasteiger partial charge in [0, 0.05) is 11.3 Å². The highest BCUT2D eigenvalue weighted by Crippen LogP contribution is 2.21. The van der Waals surface area contributed by atoms with Gasteiger partial charge in [-0.3, -0.25) is 4.79 Å². The second-order valence-electron chi connectivity index (χ2n) is 5.62. The number of hydrogen-bond acceptors (Lipinski definition) is 3. The number of hydrogen-bond donors (Lipinski definition) is 1. The van der Waals surface area contributed by atoms with Gasteiger partial charge in [-0.05, 0) is 12.2 Å². The van der Waals surface area contributed by atoms with E-state index in [1.807, 2.05) is 0 Å². The Hall–Kier alpha value is -2.29. The van der Waals surface area contributed by atoms with Crippen LogP contribution in [0.3, 0.4) is 0 Å². The van der Waals surface area contributed by atoms with E-state index in [0.29, 0.717) is 24.2 Å². The Labute approximate surface area is 154 Å². The summed E-state index contributed by atoms with van der Waals surface area (Å²) in [6.07, 6.45) is -2.24. The quantitative estimate of drug-likeness (QED) is 0.196. The predicted octanol–water partition coefficient (Wildman–Crippen LogP) is 2.20. The molecule has 0 fully saturated rings. The van der Waals surface area contributed by atoms with E-state index in [1.54, 1.807) is 6.82 Å². The van der Waals surface area contributed by atoms with Crippen molar-refractivity contribution in [2.45, 2.75) is 13.2 Å². The number of carbonyl (C=O) groups excluding carboxylic acids is 1. The molecular formula is C16H17BClF3N4O. The Balaban J connectivity index is 2.39. The van der Waals surface area contributed by atoms with E-state index in [-0.39, 0.29) is 23.8 Å². The number of amides is 1. The number of aliphatic imine (C=N–C) groups is 1. The molecular weight excluding hydrogens is 367 g/mol. The van der Waals surface area contributed by atoms with Gasteiger partial charge in [-0.25, -0.2) is 18.2 Å². The van der Waals surface area contributed by atoms with Crippen LogP contribution in [0, 0.1) is 5.82 Å². The third-order valence-electron chi connectivity index (χ3n) is 4.00. The fourth-order valence-electron chi connectivity index (χ4n) is 2.70. The van der Waals surface area contributed by atoms with Gasteiger partial charge < -0.3 is 15.1 Å². The molecule has 26 heavy (non-hydrogen) atoms. The Morgan fingerprint density at radius 3 is 2.81 bits per heavy atom. The maximum Gasteiger partial charge on any atom is 0.314 e. The SMILES string of the molecule is C=N/C(=N\B(C)c1cccc(C(F)F)c1F)C1=C(NCCl)CN(C=O)C1. The molecule has 1 aromatic carbocycles. The zero-order chi connectivity index (χ0) is 19.3. The normalized spacial score (nSPS) is 14.8. The van der Waals surface area contributed by atoms with Crippen molar-refractivity contribution in [2.24, 2.45) is 9.90 Å². The van der Waals surface area contributed by atoms with Crippen molar-refractivity contribution in [1.29, 1.82) is 0 Å². The summed E-state index contributed by atoms with van der Waals surface area (Å²) < 4.78 is 40.1. The van der Waals surface area contributed by atoms with Crippen LogP contribution in [0.2, 0.25) is 6.82 Å². The lowest BCUT2D eigenvalue weighted by Gasteiger charge is -2.12. The summed E-state index contributed by atoms with van der Waals surface area (Å²) in [5.74, 6) is -0.785. The number of benzene rings is 1. The number of carbonyl (C=O) groups is 1. The lowest BCUT2D eigenvalue weighted by molar-refractivity contribution is -0.117. The molecule has 0 saturated carbocycles. The van der Waals surface area contributed by atoms with Crippen LogP contribution >= 0.6 is 11.6 Å². The molecule has 1 N–H and O–H groups in total. The summed E-state index contributed by atoms with van der Waals surface area (Å²) in [7, 11) is 0. The van der Waals surface area contributed by atoms with Gasteiger partial charge in [0.15, 0.2) is 0 Å². The molecule has 2 rings (SSSR count). The van der Waals surface area contributed by atoms with Crippen LogP contribution in [0.25, 0.3) is 0 Å². The fraction of sp³-hybridized carbons (Fsp3) is 0.312. The van der Waals surface area contributed by atoms with Gasteiger partial charge in [0.25, 0.3) is 6.43 Å². The van der Waals surface area contributed by atoms with E-state index < -0.39 is 24.7 Å². The van der Waals surface area contributed by atoms with Crippen molar-refractivity contribution in [2.75, 3.05) is 19.1 Å². The third-order valence-corrected chi connectivity index (χ3v) is 4.13. The maximum atomic E-state index is 14.3. The molecule has 1 amide bonds. The van der Waals surface area contributed by atoms with E-state index in [1.165, 1.54) is 17.0 Å². The van der Waals surface area contributed by atoms with Crippen LogP contribution in [-0.4, -0.2) is 49.8 Å². The van der Waals surface area contributed by atoms with E-state index in [0.717, 1.165) is 6.07 Å². The molecule has 1 aliphatic heterocycles. The first-order valence-electron chi connectivity index (χ1n) is 7.75. The maximum absolute atomic E-state index is 14.3. The van der Waals surface area contributed by atoms with Gasteiger partial charge in [-0.2, -0.15) is 0 Å². The zero-order valence-corrected chi connectivity index (χ0v) is 14.8.